The van der Waals surface area contributed by atoms with E-state index in [9.17, 15) is 0 Å². The standard InChI is InChI=1S/C11H21N5O/c1-4-9-14-10(13-6-7-17-5-2)8(3)11(15-9)16-12/h4-7,12H2,1-3H3,(H2,13,14,15,16). The van der Waals surface area contributed by atoms with Gasteiger partial charge in [0, 0.05) is 25.1 Å². The Bertz CT molecular complexity index is 356. The van der Waals surface area contributed by atoms with Crippen molar-refractivity contribution < 1.29 is 4.74 Å². The van der Waals surface area contributed by atoms with Gasteiger partial charge < -0.3 is 15.5 Å². The van der Waals surface area contributed by atoms with Crippen molar-refractivity contribution in [2.75, 3.05) is 30.5 Å². The molecule has 6 heteroatoms. The Kier molecular flexibility index (Phi) is 5.65. The topological polar surface area (TPSA) is 85.1 Å². The molecule has 4 N–H and O–H groups in total. The van der Waals surface area contributed by atoms with Crippen LogP contribution in [0.3, 0.4) is 0 Å². The number of hydrogen-bond acceptors (Lipinski definition) is 6. The van der Waals surface area contributed by atoms with E-state index >= 15 is 0 Å². The van der Waals surface area contributed by atoms with E-state index in [0.29, 0.717) is 12.4 Å². The normalized spacial score (nSPS) is 10.4. The lowest BCUT2D eigenvalue weighted by Gasteiger charge is -2.13. The molecule has 1 aromatic heterocycles. The molecule has 1 rings (SSSR count). The molecule has 0 amide bonds. The third-order valence-electron chi connectivity index (χ3n) is 2.39. The largest absolute Gasteiger partial charge is 0.380 e. The van der Waals surface area contributed by atoms with Crippen molar-refractivity contribution in [3.63, 3.8) is 0 Å². The second kappa shape index (κ2) is 7.03. The molecule has 1 heterocycles. The first-order valence-electron chi connectivity index (χ1n) is 5.88. The summed E-state index contributed by atoms with van der Waals surface area (Å²) >= 11 is 0. The van der Waals surface area contributed by atoms with Crippen LogP contribution in [0.15, 0.2) is 0 Å². The van der Waals surface area contributed by atoms with Gasteiger partial charge in [0.1, 0.15) is 17.5 Å². The lowest BCUT2D eigenvalue weighted by molar-refractivity contribution is 0.158. The molecule has 0 atom stereocenters. The van der Waals surface area contributed by atoms with Gasteiger partial charge in [0.2, 0.25) is 0 Å². The molecule has 0 bridgehead atoms. The maximum atomic E-state index is 5.43. The van der Waals surface area contributed by atoms with Crippen molar-refractivity contribution in [2.45, 2.75) is 27.2 Å². The molecule has 0 aliphatic carbocycles. The van der Waals surface area contributed by atoms with Crippen LogP contribution in [-0.4, -0.2) is 29.7 Å². The van der Waals surface area contributed by atoms with Crippen LogP contribution in [0.5, 0.6) is 0 Å². The number of aromatic nitrogens is 2. The van der Waals surface area contributed by atoms with E-state index in [1.54, 1.807) is 0 Å². The molecular formula is C11H21N5O. The minimum absolute atomic E-state index is 0.660. The minimum atomic E-state index is 0.660. The summed E-state index contributed by atoms with van der Waals surface area (Å²) in [4.78, 5) is 8.72. The Morgan fingerprint density at radius 2 is 1.94 bits per heavy atom. The van der Waals surface area contributed by atoms with Crippen molar-refractivity contribution >= 4 is 11.6 Å². The SMILES string of the molecule is CCOCCNc1nc(CC)nc(NN)c1C. The van der Waals surface area contributed by atoms with E-state index in [1.807, 2.05) is 20.8 Å². The van der Waals surface area contributed by atoms with E-state index in [0.717, 1.165) is 36.8 Å². The number of hydrogen-bond donors (Lipinski definition) is 3. The summed E-state index contributed by atoms with van der Waals surface area (Å²) in [6.07, 6.45) is 0.773. The number of nitrogen functional groups attached to an aromatic ring is 1. The number of hydrazine groups is 1. The molecule has 0 spiro atoms. The monoisotopic (exact) mass is 239 g/mol. The number of rotatable bonds is 7. The molecule has 17 heavy (non-hydrogen) atoms. The first-order valence-corrected chi connectivity index (χ1v) is 5.88. The van der Waals surface area contributed by atoms with Gasteiger partial charge in [-0.3, -0.25) is 0 Å². The highest BCUT2D eigenvalue weighted by atomic mass is 16.5. The smallest absolute Gasteiger partial charge is 0.148 e. The van der Waals surface area contributed by atoms with Crippen molar-refractivity contribution in [1.82, 2.24) is 9.97 Å². The van der Waals surface area contributed by atoms with Crippen LogP contribution in [0, 0.1) is 6.92 Å². The van der Waals surface area contributed by atoms with Gasteiger partial charge in [-0.2, -0.15) is 0 Å². The van der Waals surface area contributed by atoms with E-state index in [2.05, 4.69) is 20.7 Å². The fourth-order valence-corrected chi connectivity index (χ4v) is 1.42. The fourth-order valence-electron chi connectivity index (χ4n) is 1.42. The zero-order valence-corrected chi connectivity index (χ0v) is 10.7. The van der Waals surface area contributed by atoms with Gasteiger partial charge in [-0.25, -0.2) is 15.8 Å². The summed E-state index contributed by atoms with van der Waals surface area (Å²) in [7, 11) is 0. The molecular weight excluding hydrogens is 218 g/mol. The van der Waals surface area contributed by atoms with Gasteiger partial charge in [-0.1, -0.05) is 6.92 Å². The van der Waals surface area contributed by atoms with Crippen LogP contribution in [0.25, 0.3) is 0 Å². The van der Waals surface area contributed by atoms with Gasteiger partial charge in [0.25, 0.3) is 0 Å². The first-order chi connectivity index (χ1) is 8.22. The third-order valence-corrected chi connectivity index (χ3v) is 2.39. The maximum absolute atomic E-state index is 5.43. The Morgan fingerprint density at radius 3 is 2.53 bits per heavy atom. The van der Waals surface area contributed by atoms with Gasteiger partial charge in [0.05, 0.1) is 6.61 Å². The molecule has 1 aromatic rings. The molecule has 96 valence electrons. The molecule has 0 aromatic carbocycles. The van der Waals surface area contributed by atoms with Gasteiger partial charge >= 0.3 is 0 Å². The maximum Gasteiger partial charge on any atom is 0.148 e. The summed E-state index contributed by atoms with van der Waals surface area (Å²) in [5.41, 5.74) is 3.51. The van der Waals surface area contributed by atoms with Gasteiger partial charge in [0.15, 0.2) is 0 Å². The Hall–Kier alpha value is -1.40. The summed E-state index contributed by atoms with van der Waals surface area (Å²) in [6, 6.07) is 0. The molecule has 6 nitrogen and oxygen atoms in total. The molecule has 0 aliphatic rings. The zero-order valence-electron chi connectivity index (χ0n) is 10.7. The number of nitrogens with one attached hydrogen (secondary N) is 2. The lowest BCUT2D eigenvalue weighted by atomic mass is 10.3. The van der Waals surface area contributed by atoms with Crippen molar-refractivity contribution in [3.05, 3.63) is 11.4 Å². The lowest BCUT2D eigenvalue weighted by Crippen LogP contribution is -2.16. The summed E-state index contributed by atoms with van der Waals surface area (Å²) < 4.78 is 5.26. The van der Waals surface area contributed by atoms with E-state index < -0.39 is 0 Å². The molecule has 0 saturated heterocycles. The van der Waals surface area contributed by atoms with E-state index in [-0.39, 0.29) is 0 Å². The first kappa shape index (κ1) is 13.7. The van der Waals surface area contributed by atoms with Crippen molar-refractivity contribution in [1.29, 1.82) is 0 Å². The zero-order chi connectivity index (χ0) is 12.7. The van der Waals surface area contributed by atoms with Crippen molar-refractivity contribution in [2.24, 2.45) is 5.84 Å². The van der Waals surface area contributed by atoms with Crippen LogP contribution < -0.4 is 16.6 Å². The van der Waals surface area contributed by atoms with Crippen molar-refractivity contribution in [3.8, 4) is 0 Å². The highest BCUT2D eigenvalue weighted by Gasteiger charge is 2.08. The number of aryl methyl sites for hydroxylation is 1. The summed E-state index contributed by atoms with van der Waals surface area (Å²) in [6.45, 7) is 8.01. The van der Waals surface area contributed by atoms with Crippen LogP contribution in [0.2, 0.25) is 0 Å². The molecule has 0 saturated carbocycles. The molecule has 0 unspecified atom stereocenters. The van der Waals surface area contributed by atoms with Crippen LogP contribution in [0.4, 0.5) is 11.6 Å². The molecule has 0 fully saturated rings. The average molecular weight is 239 g/mol. The molecule has 0 radical (unpaired) electrons. The van der Waals surface area contributed by atoms with Crippen LogP contribution in [-0.2, 0) is 11.2 Å². The number of nitrogens with zero attached hydrogens (tertiary/aromatic N) is 2. The second-order valence-electron chi connectivity index (χ2n) is 3.58. The summed E-state index contributed by atoms with van der Waals surface area (Å²) in [5.74, 6) is 7.67. The highest BCUT2D eigenvalue weighted by molar-refractivity contribution is 5.56. The Morgan fingerprint density at radius 1 is 1.24 bits per heavy atom. The quantitative estimate of drug-likeness (QED) is 0.375. The second-order valence-corrected chi connectivity index (χ2v) is 3.58. The Balaban J connectivity index is 2.75. The van der Waals surface area contributed by atoms with Gasteiger partial charge in [-0.15, -0.1) is 0 Å². The number of anilines is 2. The summed E-state index contributed by atoms with van der Waals surface area (Å²) in [5, 5.41) is 3.23. The predicted molar refractivity (Wildman–Crippen MR) is 68.9 cm³/mol. The van der Waals surface area contributed by atoms with Gasteiger partial charge in [-0.05, 0) is 13.8 Å². The Labute approximate surface area is 102 Å². The molecule has 0 aliphatic heterocycles. The van der Waals surface area contributed by atoms with E-state index in [4.69, 9.17) is 10.6 Å². The third kappa shape index (κ3) is 3.83. The average Bonchev–Trinajstić information content (AvgIpc) is 2.36. The predicted octanol–water partition coefficient (Wildman–Crippen LogP) is 1.08. The number of ether oxygens (including phenoxy) is 1. The van der Waals surface area contributed by atoms with Crippen LogP contribution in [0.1, 0.15) is 25.2 Å². The minimum Gasteiger partial charge on any atom is -0.380 e. The van der Waals surface area contributed by atoms with Crippen LogP contribution >= 0.6 is 0 Å². The van der Waals surface area contributed by atoms with E-state index in [1.165, 1.54) is 0 Å². The number of nitrogens with two attached hydrogens (primary N) is 1. The fraction of sp³-hybridized carbons (Fsp3) is 0.636. The highest BCUT2D eigenvalue weighted by Crippen LogP contribution is 2.18.